The fraction of sp³-hybridized carbons (Fsp3) is 0.333. The van der Waals surface area contributed by atoms with Crippen molar-refractivity contribution in [2.24, 2.45) is 4.99 Å². The number of hydrogen-bond acceptors (Lipinski definition) is 5. The van der Waals surface area contributed by atoms with E-state index < -0.39 is 0 Å². The molecule has 5 nitrogen and oxygen atoms in total. The van der Waals surface area contributed by atoms with Crippen LogP contribution in [0.25, 0.3) is 5.70 Å². The second-order valence-corrected chi connectivity index (χ2v) is 6.09. The van der Waals surface area contributed by atoms with E-state index in [0.717, 1.165) is 53.4 Å². The van der Waals surface area contributed by atoms with Gasteiger partial charge in [0, 0.05) is 29.2 Å². The zero-order chi connectivity index (χ0) is 18.2. The van der Waals surface area contributed by atoms with Crippen LogP contribution in [-0.2, 0) is 4.74 Å². The maximum atomic E-state index is 5.80. The third kappa shape index (κ3) is 4.42. The Bertz CT molecular complexity index is 768. The minimum absolute atomic E-state index is 0.647. The average molecular weight is 351 g/mol. The first-order valence-electron chi connectivity index (χ1n) is 9.04. The van der Waals surface area contributed by atoms with Crippen molar-refractivity contribution in [3.63, 3.8) is 0 Å². The number of nitrogens with zero attached hydrogens (tertiary/aromatic N) is 2. The number of unbranched alkanes of at least 4 members (excludes halogenated alkanes) is 1. The van der Waals surface area contributed by atoms with Crippen LogP contribution in [0.2, 0.25) is 0 Å². The average Bonchev–Trinajstić information content (AvgIpc) is 3.23. The molecule has 2 heterocycles. The molecule has 0 fully saturated rings. The number of hydrogen-bond donors (Lipinski definition) is 1. The van der Waals surface area contributed by atoms with Gasteiger partial charge in [0.2, 0.25) is 5.90 Å². The van der Waals surface area contributed by atoms with Gasteiger partial charge in [-0.3, -0.25) is 4.98 Å². The minimum Gasteiger partial charge on any atom is -0.497 e. The van der Waals surface area contributed by atoms with Crippen LogP contribution < -0.4 is 10.1 Å². The number of aliphatic imine (C=N–C) groups is 1. The second-order valence-electron chi connectivity index (χ2n) is 6.09. The largest absolute Gasteiger partial charge is 0.497 e. The highest BCUT2D eigenvalue weighted by Gasteiger charge is 2.19. The lowest BCUT2D eigenvalue weighted by molar-refractivity contribution is 0.346. The van der Waals surface area contributed by atoms with Crippen molar-refractivity contribution in [2.75, 3.05) is 25.6 Å². The maximum absolute atomic E-state index is 5.80. The zero-order valence-corrected chi connectivity index (χ0v) is 15.4. The molecule has 0 aliphatic carbocycles. The quantitative estimate of drug-likeness (QED) is 0.759. The van der Waals surface area contributed by atoms with Crippen LogP contribution in [0.3, 0.4) is 0 Å². The predicted octanol–water partition coefficient (Wildman–Crippen LogP) is 4.53. The monoisotopic (exact) mass is 351 g/mol. The molecule has 136 valence electrons. The van der Waals surface area contributed by atoms with E-state index in [9.17, 15) is 0 Å². The Kier molecular flexibility index (Phi) is 6.25. The molecule has 0 amide bonds. The van der Waals surface area contributed by atoms with Gasteiger partial charge in [-0.25, -0.2) is 4.99 Å². The Hall–Kier alpha value is -2.82. The molecule has 0 saturated carbocycles. The molecule has 1 aromatic heterocycles. The Morgan fingerprint density at radius 3 is 2.69 bits per heavy atom. The summed E-state index contributed by atoms with van der Waals surface area (Å²) in [5, 5.41) is 3.56. The van der Waals surface area contributed by atoms with Crippen LogP contribution in [0.1, 0.15) is 31.7 Å². The normalized spacial score (nSPS) is 14.3. The lowest BCUT2D eigenvalue weighted by Gasteiger charge is -2.18. The van der Waals surface area contributed by atoms with Gasteiger partial charge in [-0.05, 0) is 49.2 Å². The Morgan fingerprint density at radius 1 is 1.23 bits per heavy atom. The smallest absolute Gasteiger partial charge is 0.214 e. The lowest BCUT2D eigenvalue weighted by atomic mass is 10.0. The van der Waals surface area contributed by atoms with E-state index in [-0.39, 0.29) is 0 Å². The van der Waals surface area contributed by atoms with Crippen molar-refractivity contribution in [3.05, 3.63) is 59.9 Å². The molecule has 1 N–H and O–H groups in total. The molecule has 0 atom stereocenters. The molecule has 0 spiro atoms. The van der Waals surface area contributed by atoms with E-state index in [0.29, 0.717) is 13.2 Å². The molecule has 0 radical (unpaired) electrons. The second kappa shape index (κ2) is 9.04. The summed E-state index contributed by atoms with van der Waals surface area (Å²) in [6.45, 7) is 3.55. The highest BCUT2D eigenvalue weighted by atomic mass is 16.5. The van der Waals surface area contributed by atoms with Crippen LogP contribution in [0.5, 0.6) is 5.75 Å². The predicted molar refractivity (Wildman–Crippen MR) is 106 cm³/mol. The number of methoxy groups -OCH3 is 1. The van der Waals surface area contributed by atoms with Gasteiger partial charge < -0.3 is 14.8 Å². The number of nitrogens with one attached hydrogen (secondary N) is 1. The first kappa shape index (κ1) is 18.0. The van der Waals surface area contributed by atoms with E-state index >= 15 is 0 Å². The molecule has 0 saturated heterocycles. The van der Waals surface area contributed by atoms with Crippen molar-refractivity contribution in [3.8, 4) is 5.75 Å². The molecule has 1 aliphatic heterocycles. The van der Waals surface area contributed by atoms with Crippen molar-refractivity contribution in [1.29, 1.82) is 0 Å². The Morgan fingerprint density at radius 2 is 2.08 bits per heavy atom. The van der Waals surface area contributed by atoms with E-state index in [1.165, 1.54) is 0 Å². The number of pyridine rings is 1. The summed E-state index contributed by atoms with van der Waals surface area (Å²) in [5.41, 5.74) is 4.11. The summed E-state index contributed by atoms with van der Waals surface area (Å²) in [5.74, 6) is 1.58. The van der Waals surface area contributed by atoms with E-state index in [4.69, 9.17) is 9.47 Å². The fourth-order valence-electron chi connectivity index (χ4n) is 2.86. The van der Waals surface area contributed by atoms with Crippen molar-refractivity contribution >= 4 is 17.3 Å². The van der Waals surface area contributed by atoms with Gasteiger partial charge in [-0.1, -0.05) is 13.3 Å². The van der Waals surface area contributed by atoms with Crippen LogP contribution in [0.4, 0.5) is 5.69 Å². The molecular formula is C21H25N3O2. The first-order valence-corrected chi connectivity index (χ1v) is 9.04. The third-order valence-electron chi connectivity index (χ3n) is 4.24. The summed E-state index contributed by atoms with van der Waals surface area (Å²) in [4.78, 5) is 8.85. The lowest BCUT2D eigenvalue weighted by Crippen LogP contribution is -2.12. The number of ether oxygens (including phenoxy) is 2. The van der Waals surface area contributed by atoms with Crippen LogP contribution in [0.15, 0.2) is 59.4 Å². The molecule has 0 bridgehead atoms. The summed E-state index contributed by atoms with van der Waals surface area (Å²) < 4.78 is 11.1. The van der Waals surface area contributed by atoms with Gasteiger partial charge in [0.25, 0.3) is 0 Å². The standard InChI is InChI=1S/C21H25N3O2/c1-3-4-7-19(21-23-13-14-26-21)20(16-6-5-12-22-15-16)24-17-8-10-18(25-2)11-9-17/h5-6,8-12,15,24H,3-4,7,13-14H2,1-2H3/b20-19-. The SMILES string of the molecule is CCCC/C(C1=NCCO1)=C(/Nc1ccc(OC)cc1)c1cccnc1. The maximum Gasteiger partial charge on any atom is 0.214 e. The van der Waals surface area contributed by atoms with E-state index in [1.54, 1.807) is 13.3 Å². The van der Waals surface area contributed by atoms with E-state index in [1.807, 2.05) is 36.5 Å². The Balaban J connectivity index is 2.02. The van der Waals surface area contributed by atoms with E-state index in [2.05, 4.69) is 28.3 Å². The Labute approximate surface area is 154 Å². The first-order chi connectivity index (χ1) is 12.8. The zero-order valence-electron chi connectivity index (χ0n) is 15.4. The molecule has 0 unspecified atom stereocenters. The molecule has 1 aliphatic rings. The van der Waals surface area contributed by atoms with Crippen molar-refractivity contribution in [2.45, 2.75) is 26.2 Å². The summed E-state index contributed by atoms with van der Waals surface area (Å²) in [6.07, 6.45) is 6.74. The fourth-order valence-corrected chi connectivity index (χ4v) is 2.86. The van der Waals surface area contributed by atoms with Crippen molar-refractivity contribution < 1.29 is 9.47 Å². The van der Waals surface area contributed by atoms with Crippen molar-refractivity contribution in [1.82, 2.24) is 4.98 Å². The summed E-state index contributed by atoms with van der Waals surface area (Å²) in [7, 11) is 1.67. The van der Waals surface area contributed by atoms with Gasteiger partial charge in [0.1, 0.15) is 12.4 Å². The molecule has 1 aromatic carbocycles. The molecular weight excluding hydrogens is 326 g/mol. The summed E-state index contributed by atoms with van der Waals surface area (Å²) >= 11 is 0. The highest BCUT2D eigenvalue weighted by Crippen LogP contribution is 2.27. The highest BCUT2D eigenvalue weighted by molar-refractivity contribution is 6.03. The minimum atomic E-state index is 0.647. The van der Waals surface area contributed by atoms with Crippen LogP contribution >= 0.6 is 0 Å². The molecule has 5 heteroatoms. The van der Waals surface area contributed by atoms with Gasteiger partial charge in [0.05, 0.1) is 19.4 Å². The van der Waals surface area contributed by atoms with Gasteiger partial charge >= 0.3 is 0 Å². The number of aromatic nitrogens is 1. The summed E-state index contributed by atoms with van der Waals surface area (Å²) in [6, 6.07) is 11.9. The third-order valence-corrected chi connectivity index (χ3v) is 4.24. The number of rotatable bonds is 8. The van der Waals surface area contributed by atoms with Gasteiger partial charge in [-0.15, -0.1) is 0 Å². The number of anilines is 1. The van der Waals surface area contributed by atoms with Crippen LogP contribution in [-0.4, -0.2) is 31.1 Å². The number of benzene rings is 1. The van der Waals surface area contributed by atoms with Gasteiger partial charge in [-0.2, -0.15) is 0 Å². The molecule has 3 rings (SSSR count). The topological polar surface area (TPSA) is 55.7 Å². The molecule has 26 heavy (non-hydrogen) atoms. The van der Waals surface area contributed by atoms with Gasteiger partial charge in [0.15, 0.2) is 0 Å². The molecule has 2 aromatic rings. The van der Waals surface area contributed by atoms with Crippen LogP contribution in [0, 0.1) is 0 Å².